The van der Waals surface area contributed by atoms with E-state index in [1.807, 2.05) is 24.3 Å². The van der Waals surface area contributed by atoms with E-state index in [-0.39, 0.29) is 12.6 Å². The molecule has 2 aromatic rings. The first-order valence-corrected chi connectivity index (χ1v) is 9.34. The predicted octanol–water partition coefficient (Wildman–Crippen LogP) is 2.04. The van der Waals surface area contributed by atoms with Crippen LogP contribution < -0.4 is 14.4 Å². The van der Waals surface area contributed by atoms with Gasteiger partial charge in [-0.3, -0.25) is 4.90 Å². The first-order valence-electron chi connectivity index (χ1n) is 9.34. The number of hydrogen-bond donors (Lipinski definition) is 1. The van der Waals surface area contributed by atoms with E-state index in [4.69, 9.17) is 14.7 Å². The summed E-state index contributed by atoms with van der Waals surface area (Å²) in [7, 11) is 3.30. The van der Waals surface area contributed by atoms with Gasteiger partial charge < -0.3 is 19.5 Å². The Hall–Kier alpha value is -2.82. The third kappa shape index (κ3) is 4.71. The van der Waals surface area contributed by atoms with Crippen molar-refractivity contribution < 1.29 is 14.6 Å². The maximum Gasteiger partial charge on any atom is 0.128 e. The van der Waals surface area contributed by atoms with E-state index in [9.17, 15) is 5.11 Å². The second kappa shape index (κ2) is 9.40. The maximum atomic E-state index is 9.55. The quantitative estimate of drug-likeness (QED) is 0.785. The molecule has 2 heterocycles. The molecule has 0 radical (unpaired) electrons. The Balaban J connectivity index is 1.73. The second-order valence-corrected chi connectivity index (χ2v) is 6.82. The zero-order valence-corrected chi connectivity index (χ0v) is 16.3. The van der Waals surface area contributed by atoms with Gasteiger partial charge in [0.15, 0.2) is 0 Å². The van der Waals surface area contributed by atoms with E-state index in [1.54, 1.807) is 26.5 Å². The number of aliphatic hydroxyl groups excluding tert-OH is 1. The van der Waals surface area contributed by atoms with Crippen LogP contribution in [-0.4, -0.2) is 61.5 Å². The lowest BCUT2D eigenvalue weighted by Crippen LogP contribution is -2.53. The standard InChI is InChI=1S/C21H26N4O3/c1-27-19-9-17(10-20(11-19)28-2)14-24-6-7-25(15-18(24)5-8-26)21-4-3-16(12-22)13-23-21/h3-4,9-11,13,18,26H,5-8,14-15H2,1-2H3. The molecule has 1 aliphatic heterocycles. The molecule has 1 unspecified atom stereocenters. The number of rotatable bonds is 7. The van der Waals surface area contributed by atoms with Crippen LogP contribution in [0.1, 0.15) is 17.5 Å². The number of pyridine rings is 1. The summed E-state index contributed by atoms with van der Waals surface area (Å²) in [6.45, 7) is 3.36. The average Bonchev–Trinajstić information content (AvgIpc) is 2.75. The number of hydrogen-bond acceptors (Lipinski definition) is 7. The van der Waals surface area contributed by atoms with Gasteiger partial charge in [0.05, 0.1) is 19.8 Å². The summed E-state index contributed by atoms with van der Waals surface area (Å²) >= 11 is 0. The van der Waals surface area contributed by atoms with E-state index in [1.165, 1.54) is 0 Å². The first kappa shape index (κ1) is 19.9. The summed E-state index contributed by atoms with van der Waals surface area (Å²) in [6.07, 6.45) is 2.29. The largest absolute Gasteiger partial charge is 0.497 e. The Morgan fingerprint density at radius 3 is 2.50 bits per heavy atom. The van der Waals surface area contributed by atoms with Crippen LogP contribution in [-0.2, 0) is 6.54 Å². The Morgan fingerprint density at radius 2 is 1.93 bits per heavy atom. The molecule has 1 aromatic carbocycles. The highest BCUT2D eigenvalue weighted by Gasteiger charge is 2.27. The van der Waals surface area contributed by atoms with Gasteiger partial charge in [0.2, 0.25) is 0 Å². The normalized spacial score (nSPS) is 17.2. The van der Waals surface area contributed by atoms with Crippen molar-refractivity contribution in [1.29, 1.82) is 5.26 Å². The van der Waals surface area contributed by atoms with Crippen molar-refractivity contribution in [3.05, 3.63) is 47.7 Å². The number of piperazine rings is 1. The summed E-state index contributed by atoms with van der Waals surface area (Å²) in [5, 5.41) is 18.5. The molecule has 1 aromatic heterocycles. The van der Waals surface area contributed by atoms with Crippen molar-refractivity contribution in [2.24, 2.45) is 0 Å². The van der Waals surface area contributed by atoms with Gasteiger partial charge in [-0.05, 0) is 36.2 Å². The average molecular weight is 382 g/mol. The van der Waals surface area contributed by atoms with E-state index in [0.29, 0.717) is 12.0 Å². The minimum Gasteiger partial charge on any atom is -0.497 e. The second-order valence-electron chi connectivity index (χ2n) is 6.82. The molecule has 0 spiro atoms. The third-order valence-electron chi connectivity index (χ3n) is 5.06. The zero-order chi connectivity index (χ0) is 19.9. The Kier molecular flexibility index (Phi) is 6.69. The number of nitrogens with zero attached hydrogens (tertiary/aromatic N) is 4. The fourth-order valence-electron chi connectivity index (χ4n) is 3.56. The first-order chi connectivity index (χ1) is 13.7. The van der Waals surface area contributed by atoms with Crippen LogP contribution in [0.5, 0.6) is 11.5 Å². The Bertz CT molecular complexity index is 797. The van der Waals surface area contributed by atoms with E-state index >= 15 is 0 Å². The summed E-state index contributed by atoms with van der Waals surface area (Å²) in [5.41, 5.74) is 1.67. The number of methoxy groups -OCH3 is 2. The van der Waals surface area contributed by atoms with Gasteiger partial charge in [0.1, 0.15) is 23.4 Å². The number of aromatic nitrogens is 1. The third-order valence-corrected chi connectivity index (χ3v) is 5.06. The Labute approximate surface area is 165 Å². The van der Waals surface area contributed by atoms with Crippen molar-refractivity contribution >= 4 is 5.82 Å². The number of anilines is 1. The van der Waals surface area contributed by atoms with Crippen LogP contribution in [0.2, 0.25) is 0 Å². The van der Waals surface area contributed by atoms with Gasteiger partial charge in [-0.25, -0.2) is 4.98 Å². The molecule has 0 saturated carbocycles. The van der Waals surface area contributed by atoms with E-state index in [2.05, 4.69) is 20.9 Å². The molecule has 7 nitrogen and oxygen atoms in total. The van der Waals surface area contributed by atoms with Crippen LogP contribution >= 0.6 is 0 Å². The summed E-state index contributed by atoms with van der Waals surface area (Å²) < 4.78 is 10.8. The van der Waals surface area contributed by atoms with E-state index < -0.39 is 0 Å². The fraction of sp³-hybridized carbons (Fsp3) is 0.429. The number of ether oxygens (including phenoxy) is 2. The number of nitriles is 1. The van der Waals surface area contributed by atoms with Gasteiger partial charge in [-0.15, -0.1) is 0 Å². The van der Waals surface area contributed by atoms with Crippen LogP contribution in [0.3, 0.4) is 0 Å². The van der Waals surface area contributed by atoms with Gasteiger partial charge in [-0.2, -0.15) is 5.26 Å². The van der Waals surface area contributed by atoms with Crippen molar-refractivity contribution in [3.63, 3.8) is 0 Å². The van der Waals surface area contributed by atoms with Crippen LogP contribution in [0.4, 0.5) is 5.82 Å². The molecule has 0 bridgehead atoms. The number of aliphatic hydroxyl groups is 1. The molecule has 3 rings (SSSR count). The van der Waals surface area contributed by atoms with Crippen molar-refractivity contribution in [2.75, 3.05) is 45.4 Å². The minimum absolute atomic E-state index is 0.136. The van der Waals surface area contributed by atoms with Crippen molar-refractivity contribution in [3.8, 4) is 17.6 Å². The monoisotopic (exact) mass is 382 g/mol. The predicted molar refractivity (Wildman–Crippen MR) is 107 cm³/mol. The van der Waals surface area contributed by atoms with E-state index in [0.717, 1.165) is 49.1 Å². The lowest BCUT2D eigenvalue weighted by atomic mass is 10.1. The summed E-state index contributed by atoms with van der Waals surface area (Å²) in [5.74, 6) is 2.41. The molecule has 1 N–H and O–H groups in total. The molecule has 0 amide bonds. The van der Waals surface area contributed by atoms with Crippen LogP contribution in [0.25, 0.3) is 0 Å². The Morgan fingerprint density at radius 1 is 1.18 bits per heavy atom. The summed E-state index contributed by atoms with van der Waals surface area (Å²) in [4.78, 5) is 9.00. The highest BCUT2D eigenvalue weighted by atomic mass is 16.5. The SMILES string of the molecule is COc1cc(CN2CCN(c3ccc(C#N)cn3)CC2CCO)cc(OC)c1. The maximum absolute atomic E-state index is 9.55. The van der Waals surface area contributed by atoms with Gasteiger partial charge in [0.25, 0.3) is 0 Å². The molecular weight excluding hydrogens is 356 g/mol. The topological polar surface area (TPSA) is 81.9 Å². The zero-order valence-electron chi connectivity index (χ0n) is 16.3. The molecule has 148 valence electrons. The molecule has 28 heavy (non-hydrogen) atoms. The van der Waals surface area contributed by atoms with Gasteiger partial charge >= 0.3 is 0 Å². The number of benzene rings is 1. The van der Waals surface area contributed by atoms with Crippen molar-refractivity contribution in [2.45, 2.75) is 19.0 Å². The summed E-state index contributed by atoms with van der Waals surface area (Å²) in [6, 6.07) is 11.9. The lowest BCUT2D eigenvalue weighted by Gasteiger charge is -2.42. The molecule has 1 aliphatic rings. The minimum atomic E-state index is 0.136. The van der Waals surface area contributed by atoms with Crippen LogP contribution in [0.15, 0.2) is 36.5 Å². The highest BCUT2D eigenvalue weighted by molar-refractivity contribution is 5.43. The van der Waals surface area contributed by atoms with Crippen LogP contribution in [0, 0.1) is 11.3 Å². The molecule has 1 saturated heterocycles. The molecule has 7 heteroatoms. The van der Waals surface area contributed by atoms with Crippen molar-refractivity contribution in [1.82, 2.24) is 9.88 Å². The fourth-order valence-corrected chi connectivity index (χ4v) is 3.56. The molecular formula is C21H26N4O3. The molecule has 1 atom stereocenters. The van der Waals surface area contributed by atoms with Gasteiger partial charge in [-0.1, -0.05) is 0 Å². The molecule has 1 fully saturated rings. The smallest absolute Gasteiger partial charge is 0.128 e. The lowest BCUT2D eigenvalue weighted by molar-refractivity contribution is 0.135. The molecule has 0 aliphatic carbocycles. The van der Waals surface area contributed by atoms with Gasteiger partial charge in [0, 0.05) is 51.1 Å². The highest BCUT2D eigenvalue weighted by Crippen LogP contribution is 2.26.